The number of hydrogen-bond donors (Lipinski definition) is 0. The highest BCUT2D eigenvalue weighted by atomic mass is 16.5. The number of aryl methyl sites for hydroxylation is 1. The summed E-state index contributed by atoms with van der Waals surface area (Å²) in [6.45, 7) is 12.5. The monoisotopic (exact) mass is 495 g/mol. The van der Waals surface area contributed by atoms with Crippen molar-refractivity contribution < 1.29 is 19.1 Å². The Bertz CT molecular complexity index is 991. The van der Waals surface area contributed by atoms with Gasteiger partial charge in [0, 0.05) is 37.6 Å². The van der Waals surface area contributed by atoms with Crippen LogP contribution in [-0.2, 0) is 19.1 Å². The lowest BCUT2D eigenvalue weighted by Crippen LogP contribution is -2.54. The highest BCUT2D eigenvalue weighted by Crippen LogP contribution is 2.69. The molecule has 4 aliphatic carbocycles. The van der Waals surface area contributed by atoms with Gasteiger partial charge in [-0.15, -0.1) is 0 Å². The van der Waals surface area contributed by atoms with Crippen molar-refractivity contribution in [3.8, 4) is 0 Å². The van der Waals surface area contributed by atoms with E-state index in [-0.39, 0.29) is 41.4 Å². The third-order valence-corrected chi connectivity index (χ3v) is 11.3. The first kappa shape index (κ1) is 25.7. The van der Waals surface area contributed by atoms with E-state index in [1.165, 1.54) is 38.2 Å². The molecule has 0 amide bonds. The standard InChI is InChI=1S/C31H45NO4/c1-18-7-10-27(32-17-18)19(2)29-28(36-21(4)34)16-26-24-9-8-22-15-23(35-20(3)33)11-13-30(22,5)25(24)12-14-31(26,29)6/h7,10,17,19,22-26,28-29H,8-9,11-16H2,1-6H3/t19?,22?,23?,24-,25+,26+,28?,29+,30+,31+/m1/s1. The van der Waals surface area contributed by atoms with Crippen LogP contribution < -0.4 is 0 Å². The van der Waals surface area contributed by atoms with Crippen LogP contribution in [0, 0.1) is 47.3 Å². The van der Waals surface area contributed by atoms with E-state index in [0.29, 0.717) is 29.1 Å². The summed E-state index contributed by atoms with van der Waals surface area (Å²) in [5.74, 6) is 2.82. The molecule has 4 aliphatic rings. The van der Waals surface area contributed by atoms with Gasteiger partial charge >= 0.3 is 11.9 Å². The molecule has 0 saturated heterocycles. The van der Waals surface area contributed by atoms with Crippen molar-refractivity contribution in [2.75, 3.05) is 0 Å². The van der Waals surface area contributed by atoms with Crippen molar-refractivity contribution in [1.82, 2.24) is 4.98 Å². The molecule has 5 heteroatoms. The molecule has 198 valence electrons. The van der Waals surface area contributed by atoms with Gasteiger partial charge in [0.2, 0.25) is 0 Å². The van der Waals surface area contributed by atoms with Crippen molar-refractivity contribution in [1.29, 1.82) is 0 Å². The maximum atomic E-state index is 12.2. The van der Waals surface area contributed by atoms with Gasteiger partial charge in [-0.25, -0.2) is 0 Å². The number of hydrogen-bond acceptors (Lipinski definition) is 5. The van der Waals surface area contributed by atoms with Gasteiger partial charge in [-0.3, -0.25) is 14.6 Å². The third-order valence-electron chi connectivity index (χ3n) is 11.3. The second-order valence-corrected chi connectivity index (χ2v) is 13.2. The fraction of sp³-hybridized carbons (Fsp3) is 0.774. The third kappa shape index (κ3) is 4.28. The van der Waals surface area contributed by atoms with Gasteiger partial charge in [0.05, 0.1) is 0 Å². The minimum absolute atomic E-state index is 0.0421. The Morgan fingerprint density at radius 3 is 2.33 bits per heavy atom. The maximum absolute atomic E-state index is 12.2. The summed E-state index contributed by atoms with van der Waals surface area (Å²) in [4.78, 5) is 28.6. The van der Waals surface area contributed by atoms with Gasteiger partial charge in [0.15, 0.2) is 0 Å². The van der Waals surface area contributed by atoms with Crippen LogP contribution in [0.4, 0.5) is 0 Å². The molecule has 36 heavy (non-hydrogen) atoms. The van der Waals surface area contributed by atoms with Crippen LogP contribution in [0.25, 0.3) is 0 Å². The molecular formula is C31H45NO4. The number of carbonyl (C=O) groups excluding carboxylic acids is 2. The quantitative estimate of drug-likeness (QED) is 0.439. The van der Waals surface area contributed by atoms with Gasteiger partial charge in [0.25, 0.3) is 0 Å². The molecule has 4 saturated carbocycles. The van der Waals surface area contributed by atoms with E-state index in [4.69, 9.17) is 14.5 Å². The second-order valence-electron chi connectivity index (χ2n) is 13.2. The molecule has 0 N–H and O–H groups in total. The minimum Gasteiger partial charge on any atom is -0.463 e. The van der Waals surface area contributed by atoms with Crippen LogP contribution in [0.5, 0.6) is 0 Å². The first-order valence-corrected chi connectivity index (χ1v) is 14.3. The summed E-state index contributed by atoms with van der Waals surface area (Å²) >= 11 is 0. The number of aromatic nitrogens is 1. The highest BCUT2D eigenvalue weighted by Gasteiger charge is 2.64. The Labute approximate surface area is 217 Å². The van der Waals surface area contributed by atoms with Gasteiger partial charge in [-0.2, -0.15) is 0 Å². The van der Waals surface area contributed by atoms with Crippen LogP contribution in [0.3, 0.4) is 0 Å². The molecule has 1 aromatic heterocycles. The number of esters is 2. The lowest BCUT2D eigenvalue weighted by atomic mass is 9.44. The van der Waals surface area contributed by atoms with Crippen LogP contribution in [0.15, 0.2) is 18.3 Å². The molecule has 5 nitrogen and oxygen atoms in total. The average molecular weight is 496 g/mol. The van der Waals surface area contributed by atoms with Crippen LogP contribution >= 0.6 is 0 Å². The Hall–Kier alpha value is -1.91. The molecule has 0 radical (unpaired) electrons. The van der Waals surface area contributed by atoms with E-state index in [0.717, 1.165) is 31.4 Å². The van der Waals surface area contributed by atoms with Crippen molar-refractivity contribution in [2.24, 2.45) is 40.4 Å². The number of carbonyl (C=O) groups is 2. The van der Waals surface area contributed by atoms with Gasteiger partial charge < -0.3 is 9.47 Å². The molecule has 1 aromatic rings. The summed E-state index contributed by atoms with van der Waals surface area (Å²) < 4.78 is 11.7. The average Bonchev–Trinajstić information content (AvgIpc) is 3.10. The topological polar surface area (TPSA) is 65.5 Å². The summed E-state index contributed by atoms with van der Waals surface area (Å²) in [5, 5.41) is 0. The van der Waals surface area contributed by atoms with Crippen LogP contribution in [-0.4, -0.2) is 29.1 Å². The maximum Gasteiger partial charge on any atom is 0.302 e. The summed E-state index contributed by atoms with van der Waals surface area (Å²) in [6, 6.07) is 4.32. The van der Waals surface area contributed by atoms with E-state index >= 15 is 0 Å². The molecule has 5 rings (SSSR count). The Morgan fingerprint density at radius 2 is 1.67 bits per heavy atom. The van der Waals surface area contributed by atoms with Crippen LogP contribution in [0.2, 0.25) is 0 Å². The number of pyridine rings is 1. The predicted octanol–water partition coefficient (Wildman–Crippen LogP) is 6.63. The normalized spacial score (nSPS) is 42.4. The zero-order valence-electron chi connectivity index (χ0n) is 23.1. The SMILES string of the molecule is CC(=O)OC1CC[C@@]2(C)C(CC[C@H]3[C@@H]4CC(OC(C)=O)[C@H](C(C)c5ccc(C)cn5)[C@@]4(C)CC[C@@H]32)C1. The van der Waals surface area contributed by atoms with E-state index in [1.807, 2.05) is 6.20 Å². The molecular weight excluding hydrogens is 450 g/mol. The van der Waals surface area contributed by atoms with E-state index in [1.54, 1.807) is 6.92 Å². The smallest absolute Gasteiger partial charge is 0.302 e. The highest BCUT2D eigenvalue weighted by molar-refractivity contribution is 5.66. The zero-order valence-corrected chi connectivity index (χ0v) is 23.1. The fourth-order valence-electron chi connectivity index (χ4n) is 9.75. The van der Waals surface area contributed by atoms with Crippen molar-refractivity contribution >= 4 is 11.9 Å². The van der Waals surface area contributed by atoms with Crippen molar-refractivity contribution in [2.45, 2.75) is 111 Å². The molecule has 4 fully saturated rings. The number of fused-ring (bicyclic) bond motifs is 5. The van der Waals surface area contributed by atoms with Gasteiger partial charge in [-0.1, -0.05) is 26.8 Å². The number of rotatable bonds is 4. The van der Waals surface area contributed by atoms with Crippen LogP contribution in [0.1, 0.15) is 103 Å². The minimum atomic E-state index is -0.160. The molecule has 10 atom stereocenters. The largest absolute Gasteiger partial charge is 0.463 e. The van der Waals surface area contributed by atoms with E-state index in [9.17, 15) is 9.59 Å². The molecule has 0 aliphatic heterocycles. The Kier molecular flexibility index (Phi) is 6.74. The summed E-state index contributed by atoms with van der Waals surface area (Å²) in [7, 11) is 0. The molecule has 0 spiro atoms. The first-order valence-electron chi connectivity index (χ1n) is 14.3. The summed E-state index contributed by atoms with van der Waals surface area (Å²) in [5.41, 5.74) is 2.75. The fourth-order valence-corrected chi connectivity index (χ4v) is 9.75. The van der Waals surface area contributed by atoms with Crippen molar-refractivity contribution in [3.05, 3.63) is 29.6 Å². The molecule has 0 bridgehead atoms. The lowest BCUT2D eigenvalue weighted by molar-refractivity contribution is -0.160. The summed E-state index contributed by atoms with van der Waals surface area (Å²) in [6.07, 6.45) is 11.1. The zero-order chi connectivity index (χ0) is 25.8. The van der Waals surface area contributed by atoms with Gasteiger partial charge in [0.1, 0.15) is 12.2 Å². The lowest BCUT2D eigenvalue weighted by Gasteiger charge is -2.61. The molecule has 4 unspecified atom stereocenters. The van der Waals surface area contributed by atoms with Crippen molar-refractivity contribution in [3.63, 3.8) is 0 Å². The second kappa shape index (κ2) is 9.44. The van der Waals surface area contributed by atoms with E-state index < -0.39 is 0 Å². The number of nitrogens with zero attached hydrogens (tertiary/aromatic N) is 1. The molecule has 0 aromatic carbocycles. The molecule has 1 heterocycles. The number of ether oxygens (including phenoxy) is 2. The Balaban J connectivity index is 1.42. The first-order chi connectivity index (χ1) is 17.0. The van der Waals surface area contributed by atoms with Gasteiger partial charge in [-0.05, 0) is 104 Å². The predicted molar refractivity (Wildman–Crippen MR) is 139 cm³/mol. The Morgan fingerprint density at radius 1 is 0.944 bits per heavy atom. The van der Waals surface area contributed by atoms with E-state index in [2.05, 4.69) is 39.8 Å².